The number of carbonyl (C=O) groups excluding carboxylic acids is 1. The Labute approximate surface area is 155 Å². The molecule has 5 heteroatoms. The molecule has 1 fully saturated rings. The zero-order valence-corrected chi connectivity index (χ0v) is 15.3. The van der Waals surface area contributed by atoms with Crippen molar-refractivity contribution >= 4 is 11.7 Å². The van der Waals surface area contributed by atoms with Crippen LogP contribution in [0.2, 0.25) is 0 Å². The Balaban J connectivity index is 1.42. The van der Waals surface area contributed by atoms with Crippen molar-refractivity contribution in [2.45, 2.75) is 6.42 Å². The summed E-state index contributed by atoms with van der Waals surface area (Å²) in [6.45, 7) is 4.54. The number of carbonyl (C=O) groups is 1. The monoisotopic (exact) mass is 353 g/mol. The van der Waals surface area contributed by atoms with E-state index < -0.39 is 0 Å². The summed E-state index contributed by atoms with van der Waals surface area (Å²) in [5, 5.41) is 5.89. The molecule has 2 aromatic carbocycles. The van der Waals surface area contributed by atoms with E-state index in [0.29, 0.717) is 12.5 Å². The quantitative estimate of drug-likeness (QED) is 0.802. The van der Waals surface area contributed by atoms with Gasteiger partial charge in [-0.2, -0.15) is 0 Å². The van der Waals surface area contributed by atoms with Crippen LogP contribution in [0, 0.1) is 5.92 Å². The second-order valence-corrected chi connectivity index (χ2v) is 6.73. The van der Waals surface area contributed by atoms with Crippen LogP contribution in [0.1, 0.15) is 6.42 Å². The molecule has 2 N–H and O–H groups in total. The van der Waals surface area contributed by atoms with Gasteiger partial charge in [-0.15, -0.1) is 0 Å². The Kier molecular flexibility index (Phi) is 6.63. The molecule has 3 rings (SSSR count). The summed E-state index contributed by atoms with van der Waals surface area (Å²) in [4.78, 5) is 14.5. The largest absolute Gasteiger partial charge is 0.383 e. The predicted molar refractivity (Wildman–Crippen MR) is 105 cm³/mol. The van der Waals surface area contributed by atoms with Gasteiger partial charge in [-0.1, -0.05) is 42.5 Å². The molecule has 26 heavy (non-hydrogen) atoms. The number of nitrogens with one attached hydrogen (secondary N) is 2. The standard InChI is InChI=1S/C21H27N3O2/c1-26-14-13-24-12-11-17(16-24)15-22-21(25)23-20-9-7-19(8-10-20)18-5-3-2-4-6-18/h2-10,17H,11-16H2,1H3,(H2,22,23,25)/t17-/m1/s1. The number of methoxy groups -OCH3 is 1. The van der Waals surface area contributed by atoms with Crippen molar-refractivity contribution in [1.29, 1.82) is 0 Å². The van der Waals surface area contributed by atoms with Gasteiger partial charge in [0.05, 0.1) is 6.61 Å². The summed E-state index contributed by atoms with van der Waals surface area (Å²) in [6.07, 6.45) is 1.12. The number of ether oxygens (including phenoxy) is 1. The highest BCUT2D eigenvalue weighted by molar-refractivity contribution is 5.89. The average Bonchev–Trinajstić information content (AvgIpc) is 3.14. The van der Waals surface area contributed by atoms with Gasteiger partial charge < -0.3 is 20.3 Å². The summed E-state index contributed by atoms with van der Waals surface area (Å²) in [7, 11) is 1.73. The molecular weight excluding hydrogens is 326 g/mol. The fourth-order valence-corrected chi connectivity index (χ4v) is 3.29. The molecule has 0 bridgehead atoms. The molecule has 2 amide bonds. The molecule has 1 saturated heterocycles. The molecule has 0 saturated carbocycles. The first-order valence-corrected chi connectivity index (χ1v) is 9.16. The van der Waals surface area contributed by atoms with E-state index in [4.69, 9.17) is 4.74 Å². The van der Waals surface area contributed by atoms with Gasteiger partial charge in [0.25, 0.3) is 0 Å². The third-order valence-electron chi connectivity index (χ3n) is 4.78. The Morgan fingerprint density at radius 2 is 1.85 bits per heavy atom. The highest BCUT2D eigenvalue weighted by Gasteiger charge is 2.22. The molecule has 0 radical (unpaired) electrons. The Morgan fingerprint density at radius 3 is 2.58 bits per heavy atom. The summed E-state index contributed by atoms with van der Waals surface area (Å²) in [5.41, 5.74) is 3.11. The smallest absolute Gasteiger partial charge is 0.319 e. The lowest BCUT2D eigenvalue weighted by Crippen LogP contribution is -2.34. The first-order valence-electron chi connectivity index (χ1n) is 9.16. The van der Waals surface area contributed by atoms with Crippen molar-refractivity contribution in [3.63, 3.8) is 0 Å². The molecule has 5 nitrogen and oxygen atoms in total. The van der Waals surface area contributed by atoms with E-state index in [2.05, 4.69) is 27.7 Å². The van der Waals surface area contributed by atoms with Crippen LogP contribution in [-0.4, -0.2) is 50.8 Å². The van der Waals surface area contributed by atoms with E-state index in [-0.39, 0.29) is 6.03 Å². The molecular formula is C21H27N3O2. The number of hydrogen-bond acceptors (Lipinski definition) is 3. The van der Waals surface area contributed by atoms with Gasteiger partial charge in [-0.3, -0.25) is 0 Å². The van der Waals surface area contributed by atoms with Gasteiger partial charge in [-0.25, -0.2) is 4.79 Å². The van der Waals surface area contributed by atoms with Crippen molar-refractivity contribution in [1.82, 2.24) is 10.2 Å². The minimum Gasteiger partial charge on any atom is -0.383 e. The van der Waals surface area contributed by atoms with Gasteiger partial charge in [-0.05, 0) is 42.1 Å². The average molecular weight is 353 g/mol. The first-order chi connectivity index (χ1) is 12.7. The first kappa shape index (κ1) is 18.4. The molecule has 138 valence electrons. The van der Waals surface area contributed by atoms with Crippen molar-refractivity contribution in [3.05, 3.63) is 54.6 Å². The molecule has 2 aromatic rings. The van der Waals surface area contributed by atoms with Gasteiger partial charge in [0, 0.05) is 32.4 Å². The maximum absolute atomic E-state index is 12.1. The van der Waals surface area contributed by atoms with Crippen LogP contribution in [0.3, 0.4) is 0 Å². The van der Waals surface area contributed by atoms with Crippen molar-refractivity contribution < 1.29 is 9.53 Å². The minimum atomic E-state index is -0.146. The summed E-state index contributed by atoms with van der Waals surface area (Å²) in [6, 6.07) is 18.0. The van der Waals surface area contributed by atoms with E-state index in [0.717, 1.165) is 43.9 Å². The lowest BCUT2D eigenvalue weighted by atomic mass is 10.1. The second kappa shape index (κ2) is 9.36. The summed E-state index contributed by atoms with van der Waals surface area (Å²) in [5.74, 6) is 0.512. The van der Waals surface area contributed by atoms with Crippen LogP contribution in [0.5, 0.6) is 0 Å². The lowest BCUT2D eigenvalue weighted by Gasteiger charge is -2.15. The fourth-order valence-electron chi connectivity index (χ4n) is 3.29. The van der Waals surface area contributed by atoms with Crippen LogP contribution in [-0.2, 0) is 4.74 Å². The zero-order chi connectivity index (χ0) is 18.2. The number of rotatable bonds is 7. The van der Waals surface area contributed by atoms with Crippen LogP contribution in [0.4, 0.5) is 10.5 Å². The number of urea groups is 1. The summed E-state index contributed by atoms with van der Waals surface area (Å²) < 4.78 is 5.12. The molecule has 0 spiro atoms. The minimum absolute atomic E-state index is 0.146. The Morgan fingerprint density at radius 1 is 1.12 bits per heavy atom. The van der Waals surface area contributed by atoms with Crippen LogP contribution < -0.4 is 10.6 Å². The molecule has 1 aliphatic rings. The topological polar surface area (TPSA) is 53.6 Å². The summed E-state index contributed by atoms with van der Waals surface area (Å²) >= 11 is 0. The highest BCUT2D eigenvalue weighted by atomic mass is 16.5. The molecule has 1 aliphatic heterocycles. The van der Waals surface area contributed by atoms with Gasteiger partial charge in [0.1, 0.15) is 0 Å². The zero-order valence-electron chi connectivity index (χ0n) is 15.3. The maximum Gasteiger partial charge on any atom is 0.319 e. The normalized spacial score (nSPS) is 17.2. The predicted octanol–water partition coefficient (Wildman–Crippen LogP) is 3.44. The van der Waals surface area contributed by atoms with Crippen molar-refractivity contribution in [2.24, 2.45) is 5.92 Å². The van der Waals surface area contributed by atoms with Gasteiger partial charge in [0.15, 0.2) is 0 Å². The van der Waals surface area contributed by atoms with E-state index in [1.807, 2.05) is 42.5 Å². The Hall–Kier alpha value is -2.37. The number of likely N-dealkylation sites (tertiary alicyclic amines) is 1. The van der Waals surface area contributed by atoms with E-state index >= 15 is 0 Å². The number of amides is 2. The SMILES string of the molecule is COCCN1CC[C@H](CNC(=O)Nc2ccc(-c3ccccc3)cc2)C1. The second-order valence-electron chi connectivity index (χ2n) is 6.73. The molecule has 1 atom stereocenters. The van der Waals surface area contributed by atoms with Crippen LogP contribution in [0.25, 0.3) is 11.1 Å². The fraction of sp³-hybridized carbons (Fsp3) is 0.381. The number of benzene rings is 2. The van der Waals surface area contributed by atoms with Gasteiger partial charge >= 0.3 is 6.03 Å². The maximum atomic E-state index is 12.1. The van der Waals surface area contributed by atoms with E-state index in [9.17, 15) is 4.79 Å². The third kappa shape index (κ3) is 5.31. The number of anilines is 1. The van der Waals surface area contributed by atoms with Gasteiger partial charge in [0.2, 0.25) is 0 Å². The molecule has 0 unspecified atom stereocenters. The number of hydrogen-bond donors (Lipinski definition) is 2. The Bertz CT molecular complexity index is 688. The molecule has 1 heterocycles. The van der Waals surface area contributed by atoms with Crippen LogP contribution >= 0.6 is 0 Å². The molecule has 0 aliphatic carbocycles. The van der Waals surface area contributed by atoms with E-state index in [1.165, 1.54) is 5.56 Å². The number of nitrogens with zero attached hydrogens (tertiary/aromatic N) is 1. The van der Waals surface area contributed by atoms with Crippen LogP contribution in [0.15, 0.2) is 54.6 Å². The van der Waals surface area contributed by atoms with Crippen molar-refractivity contribution in [3.8, 4) is 11.1 Å². The third-order valence-corrected chi connectivity index (χ3v) is 4.78. The lowest BCUT2D eigenvalue weighted by molar-refractivity contribution is 0.159. The highest BCUT2D eigenvalue weighted by Crippen LogP contribution is 2.21. The van der Waals surface area contributed by atoms with E-state index in [1.54, 1.807) is 7.11 Å². The molecule has 0 aromatic heterocycles. The van der Waals surface area contributed by atoms with Crippen molar-refractivity contribution in [2.75, 3.05) is 45.2 Å².